The first-order valence-corrected chi connectivity index (χ1v) is 11.6. The lowest BCUT2D eigenvalue weighted by atomic mass is 9.90. The second kappa shape index (κ2) is 8.84. The van der Waals surface area contributed by atoms with Gasteiger partial charge in [-0.05, 0) is 48.9 Å². The number of halogens is 6. The van der Waals surface area contributed by atoms with Gasteiger partial charge in [0.2, 0.25) is 5.91 Å². The van der Waals surface area contributed by atoms with Crippen molar-refractivity contribution in [2.24, 2.45) is 5.92 Å². The summed E-state index contributed by atoms with van der Waals surface area (Å²) in [6.07, 6.45) is -9.40. The van der Waals surface area contributed by atoms with Crippen molar-refractivity contribution < 1.29 is 44.7 Å². The number of aromatic nitrogens is 1. The maximum atomic E-state index is 13.1. The molecule has 186 valence electrons. The molecule has 0 aliphatic heterocycles. The van der Waals surface area contributed by atoms with Crippen LogP contribution in [0.4, 0.5) is 32.0 Å². The Morgan fingerprint density at radius 2 is 1.71 bits per heavy atom. The minimum absolute atomic E-state index is 0.00685. The monoisotopic (exact) mass is 510 g/mol. The molecule has 1 amide bonds. The van der Waals surface area contributed by atoms with Crippen LogP contribution in [0.5, 0.6) is 0 Å². The van der Waals surface area contributed by atoms with Crippen LogP contribution < -0.4 is 5.32 Å². The van der Waals surface area contributed by atoms with Crippen LogP contribution >= 0.6 is 0 Å². The summed E-state index contributed by atoms with van der Waals surface area (Å²) in [4.78, 5) is 16.2. The van der Waals surface area contributed by atoms with E-state index in [0.717, 1.165) is 18.9 Å². The number of aryl methyl sites for hydroxylation is 1. The number of alkyl halides is 6. The van der Waals surface area contributed by atoms with E-state index in [1.807, 2.05) is 0 Å². The maximum absolute atomic E-state index is 13.1. The van der Waals surface area contributed by atoms with E-state index in [4.69, 9.17) is 0 Å². The number of carbonyl (C=O) groups is 1. The highest BCUT2D eigenvalue weighted by atomic mass is 32.2. The zero-order valence-corrected chi connectivity index (χ0v) is 18.5. The molecule has 3 rings (SSSR count). The normalized spacial score (nSPS) is 15.3. The summed E-state index contributed by atoms with van der Waals surface area (Å²) in [6, 6.07) is 4.43. The molecule has 1 aliphatic carbocycles. The Morgan fingerprint density at radius 1 is 1.09 bits per heavy atom. The van der Waals surface area contributed by atoms with Gasteiger partial charge in [0.1, 0.15) is 0 Å². The number of pyridine rings is 1. The van der Waals surface area contributed by atoms with Crippen LogP contribution in [0.1, 0.15) is 29.5 Å². The van der Waals surface area contributed by atoms with Crippen LogP contribution in [0.15, 0.2) is 41.6 Å². The van der Waals surface area contributed by atoms with Crippen molar-refractivity contribution in [2.45, 2.75) is 49.2 Å². The molecule has 1 saturated carbocycles. The van der Waals surface area contributed by atoms with E-state index in [1.54, 1.807) is 0 Å². The van der Waals surface area contributed by atoms with E-state index < -0.39 is 39.3 Å². The van der Waals surface area contributed by atoms with Crippen molar-refractivity contribution >= 4 is 21.4 Å². The lowest BCUT2D eigenvalue weighted by Crippen LogP contribution is -2.53. The van der Waals surface area contributed by atoms with Crippen LogP contribution in [-0.4, -0.2) is 42.5 Å². The lowest BCUT2D eigenvalue weighted by molar-refractivity contribution is -0.376. The molecule has 0 saturated heterocycles. The molecule has 13 heteroatoms. The van der Waals surface area contributed by atoms with Gasteiger partial charge >= 0.3 is 12.4 Å². The van der Waals surface area contributed by atoms with Gasteiger partial charge in [-0.3, -0.25) is 4.79 Å². The minimum Gasteiger partial charge on any atom is -0.369 e. The number of benzene rings is 1. The van der Waals surface area contributed by atoms with Gasteiger partial charge in [0.25, 0.3) is 5.60 Å². The molecule has 0 unspecified atom stereocenters. The molecule has 1 aliphatic rings. The zero-order chi connectivity index (χ0) is 25.5. The largest absolute Gasteiger partial charge is 0.430 e. The number of sulfone groups is 1. The van der Waals surface area contributed by atoms with Gasteiger partial charge < -0.3 is 10.4 Å². The fourth-order valence-electron chi connectivity index (χ4n) is 3.28. The number of hydrogen-bond donors (Lipinski definition) is 2. The van der Waals surface area contributed by atoms with Crippen molar-refractivity contribution in [2.75, 3.05) is 11.1 Å². The average Bonchev–Trinajstić information content (AvgIpc) is 3.51. The van der Waals surface area contributed by atoms with Gasteiger partial charge in [-0.15, -0.1) is 0 Å². The van der Waals surface area contributed by atoms with Gasteiger partial charge in [-0.25, -0.2) is 13.4 Å². The van der Waals surface area contributed by atoms with Crippen molar-refractivity contribution in [3.05, 3.63) is 53.2 Å². The summed E-state index contributed by atoms with van der Waals surface area (Å²) >= 11 is 0. The molecule has 0 bridgehead atoms. The first kappa shape index (κ1) is 25.9. The fourth-order valence-corrected chi connectivity index (χ4v) is 4.89. The number of nitrogens with one attached hydrogen (secondary N) is 1. The van der Waals surface area contributed by atoms with Gasteiger partial charge in [-0.1, -0.05) is 18.2 Å². The summed E-state index contributed by atoms with van der Waals surface area (Å²) in [5.74, 6) is -0.518. The smallest absolute Gasteiger partial charge is 0.369 e. The fraction of sp³-hybridized carbons (Fsp3) is 0.429. The molecular weight excluding hydrogens is 490 g/mol. The predicted octanol–water partition coefficient (Wildman–Crippen LogP) is 4.07. The summed E-state index contributed by atoms with van der Waals surface area (Å²) in [5, 5.41) is 11.7. The molecule has 0 radical (unpaired) electrons. The van der Waals surface area contributed by atoms with Crippen LogP contribution in [0, 0.1) is 12.8 Å². The highest BCUT2D eigenvalue weighted by Crippen LogP contribution is 2.50. The number of carbonyl (C=O) groups excluding carboxylic acids is 1. The van der Waals surface area contributed by atoms with E-state index in [9.17, 15) is 44.7 Å². The van der Waals surface area contributed by atoms with Crippen molar-refractivity contribution in [1.82, 2.24) is 4.98 Å². The Morgan fingerprint density at radius 3 is 2.18 bits per heavy atom. The number of hydrogen-bond acceptors (Lipinski definition) is 5. The molecule has 0 spiro atoms. The summed E-state index contributed by atoms with van der Waals surface area (Å²) in [7, 11) is -3.53. The molecule has 2 aromatic rings. The van der Waals surface area contributed by atoms with Crippen LogP contribution in [-0.2, 0) is 26.7 Å². The first-order valence-electron chi connectivity index (χ1n) is 9.99. The average molecular weight is 510 g/mol. The quantitative estimate of drug-likeness (QED) is 0.548. The minimum atomic E-state index is -6.02. The topological polar surface area (TPSA) is 96.4 Å². The standard InChI is InChI=1S/C21H20F6N2O4S/c1-12-8-15(19(31,20(22,23)24)21(25,26)27)5-6-16(12)29-17(30)9-14-4-7-18(28-10-14)34(32,33)11-13-2-3-13/h4-8,10,13,31H,2-3,9,11H2,1H3,(H,29,30). The summed E-state index contributed by atoms with van der Waals surface area (Å²) in [5.41, 5.74) is -6.36. The second-order valence-electron chi connectivity index (χ2n) is 8.19. The number of amides is 1. The Bertz CT molecular complexity index is 1160. The van der Waals surface area contributed by atoms with E-state index >= 15 is 0 Å². The number of aliphatic hydroxyl groups is 1. The van der Waals surface area contributed by atoms with Crippen molar-refractivity contribution in [3.63, 3.8) is 0 Å². The second-order valence-corrected chi connectivity index (χ2v) is 10.2. The Labute approximate surface area is 190 Å². The van der Waals surface area contributed by atoms with E-state index in [-0.39, 0.29) is 34.4 Å². The first-order chi connectivity index (χ1) is 15.5. The molecule has 1 heterocycles. The van der Waals surface area contributed by atoms with E-state index in [2.05, 4.69) is 10.3 Å². The van der Waals surface area contributed by atoms with Gasteiger partial charge in [-0.2, -0.15) is 26.3 Å². The lowest BCUT2D eigenvalue weighted by Gasteiger charge is -2.33. The molecule has 1 aromatic heterocycles. The summed E-state index contributed by atoms with van der Waals surface area (Å²) in [6.45, 7) is 1.17. The third kappa shape index (κ3) is 5.35. The number of nitrogens with zero attached hydrogens (tertiary/aromatic N) is 1. The van der Waals surface area contributed by atoms with Crippen molar-refractivity contribution in [1.29, 1.82) is 0 Å². The third-order valence-electron chi connectivity index (χ3n) is 5.37. The molecular formula is C21H20F6N2O4S. The Hall–Kier alpha value is -2.67. The van der Waals surface area contributed by atoms with Crippen molar-refractivity contribution in [3.8, 4) is 0 Å². The molecule has 1 fully saturated rings. The van der Waals surface area contributed by atoms with E-state index in [0.29, 0.717) is 17.7 Å². The van der Waals surface area contributed by atoms with E-state index in [1.165, 1.54) is 25.3 Å². The highest BCUT2D eigenvalue weighted by molar-refractivity contribution is 7.91. The molecule has 1 aromatic carbocycles. The maximum Gasteiger partial charge on any atom is 0.430 e. The Balaban J connectivity index is 1.72. The Kier molecular flexibility index (Phi) is 6.74. The zero-order valence-electron chi connectivity index (χ0n) is 17.7. The molecule has 34 heavy (non-hydrogen) atoms. The summed E-state index contributed by atoms with van der Waals surface area (Å²) < 4.78 is 103. The van der Waals surface area contributed by atoms with Gasteiger partial charge in [0.15, 0.2) is 14.9 Å². The number of rotatable bonds is 7. The van der Waals surface area contributed by atoms with Crippen LogP contribution in [0.2, 0.25) is 0 Å². The van der Waals surface area contributed by atoms with Crippen LogP contribution in [0.3, 0.4) is 0 Å². The SMILES string of the molecule is Cc1cc(C(O)(C(F)(F)F)C(F)(F)F)ccc1NC(=O)Cc1ccc(S(=O)(=O)CC2CC2)nc1. The number of anilines is 1. The molecule has 2 N–H and O–H groups in total. The molecule has 6 nitrogen and oxygen atoms in total. The van der Waals surface area contributed by atoms with Crippen LogP contribution in [0.25, 0.3) is 0 Å². The van der Waals surface area contributed by atoms with Gasteiger partial charge in [0, 0.05) is 17.4 Å². The third-order valence-corrected chi connectivity index (χ3v) is 7.16. The highest BCUT2D eigenvalue weighted by Gasteiger charge is 2.71. The molecule has 0 atom stereocenters. The predicted molar refractivity (Wildman–Crippen MR) is 109 cm³/mol. The van der Waals surface area contributed by atoms with Gasteiger partial charge in [0.05, 0.1) is 12.2 Å².